The number of nitrogens with zero attached hydrogens (tertiary/aromatic N) is 3. The van der Waals surface area contributed by atoms with Crippen LogP contribution in [0.25, 0.3) is 0 Å². The summed E-state index contributed by atoms with van der Waals surface area (Å²) < 4.78 is 23.9. The van der Waals surface area contributed by atoms with E-state index < -0.39 is 0 Å². The number of rotatable bonds is 5. The number of halogens is 1. The molecule has 1 atom stereocenters. The van der Waals surface area contributed by atoms with Crippen molar-refractivity contribution >= 4 is 6.09 Å². The maximum Gasteiger partial charge on any atom is 0.409 e. The Morgan fingerprint density at radius 2 is 1.77 bits per heavy atom. The van der Waals surface area contributed by atoms with E-state index in [1.165, 1.54) is 12.1 Å². The Morgan fingerprint density at radius 3 is 2.38 bits per heavy atom. The first-order valence-corrected chi connectivity index (χ1v) is 9.38. The Bertz CT molecular complexity index is 570. The molecule has 2 aliphatic heterocycles. The molecule has 2 saturated heterocycles. The third-order valence-electron chi connectivity index (χ3n) is 5.07. The van der Waals surface area contributed by atoms with E-state index in [1.807, 2.05) is 19.1 Å². The monoisotopic (exact) mass is 365 g/mol. The summed E-state index contributed by atoms with van der Waals surface area (Å²) >= 11 is 0. The molecule has 26 heavy (non-hydrogen) atoms. The number of hydrogen-bond acceptors (Lipinski definition) is 5. The highest BCUT2D eigenvalue weighted by atomic mass is 19.1. The van der Waals surface area contributed by atoms with Crippen LogP contribution in [0, 0.1) is 5.82 Å². The molecule has 2 heterocycles. The Morgan fingerprint density at radius 1 is 1.12 bits per heavy atom. The molecule has 3 rings (SSSR count). The van der Waals surface area contributed by atoms with Crippen molar-refractivity contribution in [3.63, 3.8) is 0 Å². The van der Waals surface area contributed by atoms with Crippen molar-refractivity contribution < 1.29 is 18.7 Å². The van der Waals surface area contributed by atoms with Crippen LogP contribution in [0.15, 0.2) is 24.3 Å². The molecule has 0 unspecified atom stereocenters. The molecule has 0 radical (unpaired) electrons. The van der Waals surface area contributed by atoms with Gasteiger partial charge in [-0.3, -0.25) is 9.80 Å². The Kier molecular flexibility index (Phi) is 6.82. The van der Waals surface area contributed by atoms with Crippen molar-refractivity contribution in [2.45, 2.75) is 13.0 Å². The number of benzene rings is 1. The summed E-state index contributed by atoms with van der Waals surface area (Å²) in [5.41, 5.74) is 1.13. The molecule has 0 bridgehead atoms. The number of amides is 1. The van der Waals surface area contributed by atoms with Gasteiger partial charge in [0.15, 0.2) is 0 Å². The molecule has 0 aliphatic carbocycles. The molecule has 0 aromatic heterocycles. The molecule has 2 fully saturated rings. The maximum absolute atomic E-state index is 13.3. The van der Waals surface area contributed by atoms with Crippen LogP contribution in [0.3, 0.4) is 0 Å². The Balaban J connectivity index is 1.63. The Hall–Kier alpha value is -1.70. The lowest BCUT2D eigenvalue weighted by molar-refractivity contribution is 0.00288. The summed E-state index contributed by atoms with van der Waals surface area (Å²) in [4.78, 5) is 18.4. The highest BCUT2D eigenvalue weighted by molar-refractivity contribution is 5.67. The molecular formula is C19H28FN3O3. The third-order valence-corrected chi connectivity index (χ3v) is 5.07. The zero-order chi connectivity index (χ0) is 18.4. The van der Waals surface area contributed by atoms with Crippen LogP contribution in [0.1, 0.15) is 18.5 Å². The summed E-state index contributed by atoms with van der Waals surface area (Å²) in [6, 6.07) is 7.02. The SMILES string of the molecule is CCOC(=O)N1CCN(C[C@H](c2ccc(F)cc2)N2CCOCC2)CC1. The van der Waals surface area contributed by atoms with E-state index in [4.69, 9.17) is 9.47 Å². The van der Waals surface area contributed by atoms with Gasteiger partial charge in [0.1, 0.15) is 5.82 Å². The average Bonchev–Trinajstić information content (AvgIpc) is 2.68. The summed E-state index contributed by atoms with van der Waals surface area (Å²) in [7, 11) is 0. The van der Waals surface area contributed by atoms with Gasteiger partial charge in [-0.1, -0.05) is 12.1 Å². The lowest BCUT2D eigenvalue weighted by atomic mass is 10.0. The van der Waals surface area contributed by atoms with Gasteiger partial charge in [0, 0.05) is 51.9 Å². The van der Waals surface area contributed by atoms with Gasteiger partial charge >= 0.3 is 6.09 Å². The number of morpholine rings is 1. The van der Waals surface area contributed by atoms with E-state index in [2.05, 4.69) is 9.80 Å². The first kappa shape index (κ1) is 19.1. The molecule has 7 heteroatoms. The molecule has 0 saturated carbocycles. The molecule has 0 N–H and O–H groups in total. The zero-order valence-corrected chi connectivity index (χ0v) is 15.4. The van der Waals surface area contributed by atoms with E-state index in [0.717, 1.165) is 51.5 Å². The second kappa shape index (κ2) is 9.30. The molecule has 144 valence electrons. The van der Waals surface area contributed by atoms with Crippen LogP contribution in [0.4, 0.5) is 9.18 Å². The van der Waals surface area contributed by atoms with Gasteiger partial charge in [0.25, 0.3) is 0 Å². The van der Waals surface area contributed by atoms with Crippen LogP contribution < -0.4 is 0 Å². The van der Waals surface area contributed by atoms with Crippen molar-refractivity contribution in [3.8, 4) is 0 Å². The van der Waals surface area contributed by atoms with E-state index in [1.54, 1.807) is 4.90 Å². The minimum Gasteiger partial charge on any atom is -0.450 e. The molecule has 1 aromatic carbocycles. The van der Waals surface area contributed by atoms with Crippen LogP contribution >= 0.6 is 0 Å². The number of ether oxygens (including phenoxy) is 2. The van der Waals surface area contributed by atoms with Crippen LogP contribution in [0.5, 0.6) is 0 Å². The zero-order valence-electron chi connectivity index (χ0n) is 15.4. The van der Waals surface area contributed by atoms with Gasteiger partial charge in [0.2, 0.25) is 0 Å². The molecule has 1 aromatic rings. The first-order chi connectivity index (χ1) is 12.7. The van der Waals surface area contributed by atoms with E-state index in [-0.39, 0.29) is 18.0 Å². The topological polar surface area (TPSA) is 45.2 Å². The van der Waals surface area contributed by atoms with Gasteiger partial charge in [-0.25, -0.2) is 9.18 Å². The number of carbonyl (C=O) groups is 1. The van der Waals surface area contributed by atoms with E-state index >= 15 is 0 Å². The standard InChI is InChI=1S/C19H28FN3O3/c1-2-26-19(24)23-9-7-21(8-10-23)15-18(22-11-13-25-14-12-22)16-3-5-17(20)6-4-16/h3-6,18H,2,7-15H2,1H3/t18-/m1/s1. The minimum atomic E-state index is -0.226. The van der Waals surface area contributed by atoms with Crippen molar-refractivity contribution in [1.29, 1.82) is 0 Å². The molecule has 2 aliphatic rings. The van der Waals surface area contributed by atoms with Gasteiger partial charge in [0.05, 0.1) is 19.8 Å². The average molecular weight is 365 g/mol. The fourth-order valence-corrected chi connectivity index (χ4v) is 3.58. The summed E-state index contributed by atoms with van der Waals surface area (Å²) in [5, 5.41) is 0. The smallest absolute Gasteiger partial charge is 0.409 e. The van der Waals surface area contributed by atoms with Crippen molar-refractivity contribution in [3.05, 3.63) is 35.6 Å². The largest absolute Gasteiger partial charge is 0.450 e. The molecule has 1 amide bonds. The predicted molar refractivity (Wildman–Crippen MR) is 96.6 cm³/mol. The fraction of sp³-hybridized carbons (Fsp3) is 0.632. The van der Waals surface area contributed by atoms with E-state index in [9.17, 15) is 9.18 Å². The summed E-state index contributed by atoms with van der Waals surface area (Å²) in [6.07, 6.45) is -0.226. The Labute approximate surface area is 154 Å². The van der Waals surface area contributed by atoms with Gasteiger partial charge in [-0.15, -0.1) is 0 Å². The van der Waals surface area contributed by atoms with Gasteiger partial charge < -0.3 is 14.4 Å². The number of carbonyl (C=O) groups excluding carboxylic acids is 1. The lowest BCUT2D eigenvalue weighted by Crippen LogP contribution is -2.51. The quantitative estimate of drug-likeness (QED) is 0.798. The lowest BCUT2D eigenvalue weighted by Gasteiger charge is -2.40. The van der Waals surface area contributed by atoms with Crippen molar-refractivity contribution in [2.75, 3.05) is 65.6 Å². The van der Waals surface area contributed by atoms with Crippen LogP contribution in [0.2, 0.25) is 0 Å². The van der Waals surface area contributed by atoms with Crippen LogP contribution in [-0.4, -0.2) is 86.4 Å². The van der Waals surface area contributed by atoms with E-state index in [0.29, 0.717) is 19.7 Å². The van der Waals surface area contributed by atoms with Crippen molar-refractivity contribution in [1.82, 2.24) is 14.7 Å². The second-order valence-corrected chi connectivity index (χ2v) is 6.70. The first-order valence-electron chi connectivity index (χ1n) is 9.38. The molecule has 6 nitrogen and oxygen atoms in total. The summed E-state index contributed by atoms with van der Waals surface area (Å²) in [5.74, 6) is -0.211. The second-order valence-electron chi connectivity index (χ2n) is 6.70. The highest BCUT2D eigenvalue weighted by Crippen LogP contribution is 2.24. The summed E-state index contributed by atoms with van der Waals surface area (Å²) in [6.45, 7) is 9.31. The van der Waals surface area contributed by atoms with Gasteiger partial charge in [-0.2, -0.15) is 0 Å². The number of piperazine rings is 1. The maximum atomic E-state index is 13.3. The third kappa shape index (κ3) is 4.93. The van der Waals surface area contributed by atoms with Gasteiger partial charge in [-0.05, 0) is 24.6 Å². The fourth-order valence-electron chi connectivity index (χ4n) is 3.58. The molecular weight excluding hydrogens is 337 g/mol. The molecule has 0 spiro atoms. The predicted octanol–water partition coefficient (Wildman–Crippen LogP) is 1.97. The normalized spacial score (nSPS) is 20.8. The van der Waals surface area contributed by atoms with Crippen LogP contribution in [-0.2, 0) is 9.47 Å². The minimum absolute atomic E-state index is 0.202. The number of hydrogen-bond donors (Lipinski definition) is 0. The highest BCUT2D eigenvalue weighted by Gasteiger charge is 2.28. The van der Waals surface area contributed by atoms with Crippen molar-refractivity contribution in [2.24, 2.45) is 0 Å².